The van der Waals surface area contributed by atoms with Crippen molar-refractivity contribution in [2.24, 2.45) is 0 Å². The van der Waals surface area contributed by atoms with Gasteiger partial charge in [0.05, 0.1) is 36.6 Å². The minimum absolute atomic E-state index is 0. The van der Waals surface area contributed by atoms with Crippen molar-refractivity contribution in [3.8, 4) is 0 Å². The number of aliphatic hydroxyl groups excluding tert-OH is 2. The predicted molar refractivity (Wildman–Crippen MR) is 156 cm³/mol. The van der Waals surface area contributed by atoms with Gasteiger partial charge in [0.1, 0.15) is 0 Å². The van der Waals surface area contributed by atoms with Gasteiger partial charge in [0.15, 0.2) is 0 Å². The van der Waals surface area contributed by atoms with Gasteiger partial charge in [-0.05, 0) is 62.5 Å². The van der Waals surface area contributed by atoms with E-state index in [4.69, 9.17) is 9.47 Å². The lowest BCUT2D eigenvalue weighted by molar-refractivity contribution is -0.117. The molecule has 0 amide bonds. The number of benzene rings is 2. The maximum atomic E-state index is 9.27. The number of hydrogen-bond acceptors (Lipinski definition) is 6. The van der Waals surface area contributed by atoms with Crippen molar-refractivity contribution in [2.75, 3.05) is 26.2 Å². The molecule has 2 heterocycles. The zero-order valence-electron chi connectivity index (χ0n) is 22.7. The number of hydrogen-bond donors (Lipinski definition) is 2. The van der Waals surface area contributed by atoms with Gasteiger partial charge in [0, 0.05) is 39.3 Å². The first-order chi connectivity index (χ1) is 18.6. The van der Waals surface area contributed by atoms with Crippen molar-refractivity contribution < 1.29 is 19.7 Å². The van der Waals surface area contributed by atoms with Crippen molar-refractivity contribution in [1.82, 2.24) is 9.80 Å². The van der Waals surface area contributed by atoms with Gasteiger partial charge in [0.25, 0.3) is 0 Å². The molecule has 2 saturated heterocycles. The number of likely N-dealkylation sites (tertiary alicyclic amines) is 2. The first-order valence-electron chi connectivity index (χ1n) is 14.8. The highest BCUT2D eigenvalue weighted by Crippen LogP contribution is 2.28. The lowest BCUT2D eigenvalue weighted by Gasteiger charge is -2.38. The fourth-order valence-electron chi connectivity index (χ4n) is 5.93. The summed E-state index contributed by atoms with van der Waals surface area (Å²) in [5.41, 5.74) is 2.79. The monoisotopic (exact) mass is 538 g/mol. The molecule has 0 bridgehead atoms. The molecule has 0 spiro atoms. The molecule has 0 aromatic heterocycles. The summed E-state index contributed by atoms with van der Waals surface area (Å²) in [6.45, 7) is 6.58. The van der Waals surface area contributed by atoms with E-state index in [0.717, 1.165) is 90.6 Å². The molecule has 2 saturated carbocycles. The molecule has 0 radical (unpaired) electrons. The SMILES string of the molecule is C.OC1CC(OC2CCN(Cc3ccccc3)CC2)C1.OC1CC(OC2CCN(Cc3ccccc3)CC2)C1. The number of aliphatic hydroxyl groups is 2. The zero-order valence-corrected chi connectivity index (χ0v) is 22.7. The Morgan fingerprint density at radius 1 is 0.538 bits per heavy atom. The molecular formula is C33H50N2O4. The molecule has 216 valence electrons. The van der Waals surface area contributed by atoms with Crippen LogP contribution in [0, 0.1) is 0 Å². The topological polar surface area (TPSA) is 65.4 Å². The Hall–Kier alpha value is -1.80. The highest BCUT2D eigenvalue weighted by molar-refractivity contribution is 5.15. The lowest BCUT2D eigenvalue weighted by atomic mass is 9.91. The van der Waals surface area contributed by atoms with Crippen LogP contribution in [-0.2, 0) is 22.6 Å². The van der Waals surface area contributed by atoms with Crippen molar-refractivity contribution in [3.05, 3.63) is 71.8 Å². The van der Waals surface area contributed by atoms with Gasteiger partial charge in [-0.25, -0.2) is 0 Å². The molecule has 2 aromatic rings. The number of piperidine rings is 2. The van der Waals surface area contributed by atoms with Gasteiger partial charge in [-0.2, -0.15) is 0 Å². The first kappa shape index (κ1) is 30.2. The third kappa shape index (κ3) is 9.66. The largest absolute Gasteiger partial charge is 0.393 e. The first-order valence-corrected chi connectivity index (χ1v) is 14.8. The van der Waals surface area contributed by atoms with Crippen LogP contribution < -0.4 is 0 Å². The highest BCUT2D eigenvalue weighted by atomic mass is 16.5. The van der Waals surface area contributed by atoms with Crippen LogP contribution in [0.1, 0.15) is 69.9 Å². The minimum Gasteiger partial charge on any atom is -0.393 e. The van der Waals surface area contributed by atoms with E-state index in [2.05, 4.69) is 70.5 Å². The van der Waals surface area contributed by atoms with Gasteiger partial charge in [-0.3, -0.25) is 9.80 Å². The molecule has 2 N–H and O–H groups in total. The summed E-state index contributed by atoms with van der Waals surface area (Å²) < 4.78 is 12.0. The average Bonchev–Trinajstić information content (AvgIpc) is 2.91. The summed E-state index contributed by atoms with van der Waals surface area (Å²) in [6.07, 6.45) is 9.09. The second-order valence-corrected chi connectivity index (χ2v) is 11.7. The Bertz CT molecular complexity index is 840. The molecule has 0 unspecified atom stereocenters. The molecule has 6 rings (SSSR count). The van der Waals surface area contributed by atoms with Crippen LogP contribution >= 0.6 is 0 Å². The van der Waals surface area contributed by atoms with E-state index in [0.29, 0.717) is 24.4 Å². The maximum absolute atomic E-state index is 9.27. The summed E-state index contributed by atoms with van der Waals surface area (Å²) in [7, 11) is 0. The van der Waals surface area contributed by atoms with E-state index < -0.39 is 0 Å². The number of nitrogens with zero attached hydrogens (tertiary/aromatic N) is 2. The molecule has 4 aliphatic rings. The molecular weight excluding hydrogens is 488 g/mol. The van der Waals surface area contributed by atoms with Crippen LogP contribution in [0.3, 0.4) is 0 Å². The van der Waals surface area contributed by atoms with Crippen molar-refractivity contribution >= 4 is 0 Å². The Kier molecular flexibility index (Phi) is 11.8. The summed E-state index contributed by atoms with van der Waals surface area (Å²) in [4.78, 5) is 5.01. The Labute approximate surface area is 235 Å². The number of rotatable bonds is 8. The second-order valence-electron chi connectivity index (χ2n) is 11.7. The third-order valence-electron chi connectivity index (χ3n) is 8.48. The van der Waals surface area contributed by atoms with E-state index in [9.17, 15) is 10.2 Å². The van der Waals surface area contributed by atoms with Crippen LogP contribution in [0.5, 0.6) is 0 Å². The van der Waals surface area contributed by atoms with Crippen LogP contribution in [0.25, 0.3) is 0 Å². The molecule has 2 aliphatic heterocycles. The molecule has 2 aromatic carbocycles. The fraction of sp³-hybridized carbons (Fsp3) is 0.636. The summed E-state index contributed by atoms with van der Waals surface area (Å²) >= 11 is 0. The van der Waals surface area contributed by atoms with E-state index >= 15 is 0 Å². The number of ether oxygens (including phenoxy) is 2. The summed E-state index contributed by atoms with van der Waals surface area (Å²) in [6, 6.07) is 21.3. The maximum Gasteiger partial charge on any atom is 0.0628 e. The molecule has 6 nitrogen and oxygen atoms in total. The normalized spacial score (nSPS) is 28.4. The van der Waals surface area contributed by atoms with Crippen molar-refractivity contribution in [3.63, 3.8) is 0 Å². The second kappa shape index (κ2) is 15.3. The smallest absolute Gasteiger partial charge is 0.0628 e. The summed E-state index contributed by atoms with van der Waals surface area (Å²) in [5, 5.41) is 18.5. The Morgan fingerprint density at radius 2 is 0.872 bits per heavy atom. The van der Waals surface area contributed by atoms with Gasteiger partial charge < -0.3 is 19.7 Å². The summed E-state index contributed by atoms with van der Waals surface area (Å²) in [5.74, 6) is 0. The third-order valence-corrected chi connectivity index (χ3v) is 8.48. The molecule has 6 heteroatoms. The predicted octanol–water partition coefficient (Wildman–Crippen LogP) is 5.02. The van der Waals surface area contributed by atoms with E-state index in [1.54, 1.807) is 0 Å². The van der Waals surface area contributed by atoms with Crippen LogP contribution in [-0.4, -0.2) is 82.8 Å². The zero-order chi connectivity index (χ0) is 26.2. The van der Waals surface area contributed by atoms with Gasteiger partial charge >= 0.3 is 0 Å². The van der Waals surface area contributed by atoms with Crippen LogP contribution in [0.15, 0.2) is 60.7 Å². The van der Waals surface area contributed by atoms with Gasteiger partial charge in [-0.1, -0.05) is 68.1 Å². The van der Waals surface area contributed by atoms with Gasteiger partial charge in [-0.15, -0.1) is 0 Å². The van der Waals surface area contributed by atoms with E-state index in [1.165, 1.54) is 11.1 Å². The van der Waals surface area contributed by atoms with Crippen LogP contribution in [0.4, 0.5) is 0 Å². The molecule has 4 fully saturated rings. The standard InChI is InChI=1S/2C16H23NO2.CH4/c2*18-14-10-16(11-14)19-15-6-8-17(9-7-15)12-13-4-2-1-3-5-13;/h2*1-5,14-16,18H,6-12H2;1H4. The quantitative estimate of drug-likeness (QED) is 0.492. The van der Waals surface area contributed by atoms with Gasteiger partial charge in [0.2, 0.25) is 0 Å². The Balaban J connectivity index is 0.000000176. The fourth-order valence-corrected chi connectivity index (χ4v) is 5.93. The minimum atomic E-state index is -0.108. The lowest BCUT2D eigenvalue weighted by Crippen LogP contribution is -2.42. The molecule has 0 atom stereocenters. The van der Waals surface area contributed by atoms with Crippen molar-refractivity contribution in [2.45, 2.75) is 109 Å². The van der Waals surface area contributed by atoms with Crippen molar-refractivity contribution in [1.29, 1.82) is 0 Å². The molecule has 2 aliphatic carbocycles. The molecule has 39 heavy (non-hydrogen) atoms. The van der Waals surface area contributed by atoms with E-state index in [-0.39, 0.29) is 19.6 Å². The Morgan fingerprint density at radius 3 is 1.18 bits per heavy atom. The highest BCUT2D eigenvalue weighted by Gasteiger charge is 2.32. The van der Waals surface area contributed by atoms with E-state index in [1.807, 2.05) is 0 Å². The van der Waals surface area contributed by atoms with Crippen LogP contribution in [0.2, 0.25) is 0 Å². The average molecular weight is 539 g/mol.